The zero-order valence-corrected chi connectivity index (χ0v) is 11.5. The fraction of sp³-hybridized carbons (Fsp3) is 0.0714. The molecule has 0 atom stereocenters. The molecule has 0 aromatic heterocycles. The van der Waals surface area contributed by atoms with Crippen LogP contribution in [0.15, 0.2) is 47.4 Å². The van der Waals surface area contributed by atoms with Gasteiger partial charge in [-0.2, -0.15) is 0 Å². The molecule has 1 aliphatic heterocycles. The smallest absolute Gasteiger partial charge is 0.338 e. The zero-order valence-electron chi connectivity index (χ0n) is 10.7. The summed E-state index contributed by atoms with van der Waals surface area (Å²) in [6.45, 7) is 0.186. The predicted octanol–water partition coefficient (Wildman–Crippen LogP) is 2.30. The van der Waals surface area contributed by atoms with Crippen molar-refractivity contribution in [3.63, 3.8) is 0 Å². The van der Waals surface area contributed by atoms with Crippen LogP contribution in [0.2, 0.25) is 0 Å². The van der Waals surface area contributed by atoms with Crippen molar-refractivity contribution in [3.05, 3.63) is 59.4 Å². The Labute approximate surface area is 120 Å². The molecule has 0 amide bonds. The number of sulfonamides is 1. The molecule has 0 fully saturated rings. The van der Waals surface area contributed by atoms with E-state index in [1.807, 2.05) is 0 Å². The first kappa shape index (κ1) is 13.6. The average Bonchev–Trinajstić information content (AvgIpc) is 2.80. The molecular formula is C14H10FNO4S. The summed E-state index contributed by atoms with van der Waals surface area (Å²) in [7, 11) is -3.91. The highest BCUT2D eigenvalue weighted by atomic mass is 32.2. The number of hydrogen-bond acceptors (Lipinski definition) is 4. The van der Waals surface area contributed by atoms with Gasteiger partial charge in [-0.25, -0.2) is 17.6 Å². The van der Waals surface area contributed by atoms with Crippen molar-refractivity contribution in [1.29, 1.82) is 0 Å². The standard InChI is InChI=1S/C14H10FNO4S/c15-10-2-1-3-12(6-10)21(18,19)16-11-5-4-9-8-20-14(17)13(9)7-11/h1-7,16H,8H2. The van der Waals surface area contributed by atoms with E-state index in [-0.39, 0.29) is 17.2 Å². The van der Waals surface area contributed by atoms with Crippen LogP contribution in [0, 0.1) is 5.82 Å². The lowest BCUT2D eigenvalue weighted by molar-refractivity contribution is 0.0535. The number of benzene rings is 2. The Morgan fingerprint density at radius 2 is 1.95 bits per heavy atom. The Morgan fingerprint density at radius 3 is 2.71 bits per heavy atom. The van der Waals surface area contributed by atoms with Gasteiger partial charge < -0.3 is 4.74 Å². The maximum atomic E-state index is 13.1. The van der Waals surface area contributed by atoms with Crippen molar-refractivity contribution in [2.75, 3.05) is 4.72 Å². The highest BCUT2D eigenvalue weighted by Crippen LogP contribution is 2.25. The van der Waals surface area contributed by atoms with Crippen molar-refractivity contribution >= 4 is 21.7 Å². The minimum atomic E-state index is -3.91. The second-order valence-electron chi connectivity index (χ2n) is 4.51. The van der Waals surface area contributed by atoms with Crippen molar-refractivity contribution in [1.82, 2.24) is 0 Å². The Balaban J connectivity index is 1.93. The molecule has 2 aromatic carbocycles. The second kappa shape index (κ2) is 4.85. The highest BCUT2D eigenvalue weighted by Gasteiger charge is 2.22. The summed E-state index contributed by atoms with van der Waals surface area (Å²) in [5.41, 5.74) is 1.25. The molecule has 0 unspecified atom stereocenters. The average molecular weight is 307 g/mol. The fourth-order valence-electron chi connectivity index (χ4n) is 2.03. The Kier molecular flexibility index (Phi) is 3.13. The molecule has 0 aliphatic carbocycles. The van der Waals surface area contributed by atoms with Gasteiger partial charge in [0.05, 0.1) is 10.5 Å². The van der Waals surface area contributed by atoms with E-state index in [0.717, 1.165) is 12.1 Å². The van der Waals surface area contributed by atoms with E-state index in [4.69, 9.17) is 4.74 Å². The highest BCUT2D eigenvalue weighted by molar-refractivity contribution is 7.92. The molecule has 0 radical (unpaired) electrons. The SMILES string of the molecule is O=C1OCc2ccc(NS(=O)(=O)c3cccc(F)c3)cc21. The summed E-state index contributed by atoms with van der Waals surface area (Å²) in [5, 5.41) is 0. The molecular weight excluding hydrogens is 297 g/mol. The lowest BCUT2D eigenvalue weighted by atomic mass is 10.1. The van der Waals surface area contributed by atoms with Crippen molar-refractivity contribution in [3.8, 4) is 0 Å². The molecule has 5 nitrogen and oxygen atoms in total. The van der Waals surface area contributed by atoms with Gasteiger partial charge in [0.1, 0.15) is 12.4 Å². The molecule has 0 saturated heterocycles. The van der Waals surface area contributed by atoms with Crippen LogP contribution in [0.4, 0.5) is 10.1 Å². The Hall–Kier alpha value is -2.41. The van der Waals surface area contributed by atoms with Crippen LogP contribution in [0.3, 0.4) is 0 Å². The van der Waals surface area contributed by atoms with Crippen LogP contribution in [0.1, 0.15) is 15.9 Å². The van der Waals surface area contributed by atoms with Gasteiger partial charge in [-0.1, -0.05) is 12.1 Å². The third-order valence-electron chi connectivity index (χ3n) is 3.05. The lowest BCUT2D eigenvalue weighted by Crippen LogP contribution is -2.13. The molecule has 1 heterocycles. The fourth-order valence-corrected chi connectivity index (χ4v) is 3.11. The molecule has 2 aromatic rings. The maximum absolute atomic E-state index is 13.1. The molecule has 7 heteroatoms. The number of carbonyl (C=O) groups is 1. The van der Waals surface area contributed by atoms with Crippen LogP contribution < -0.4 is 4.72 Å². The minimum absolute atomic E-state index is 0.186. The molecule has 1 aliphatic rings. The summed E-state index contributed by atoms with van der Waals surface area (Å²) >= 11 is 0. The van der Waals surface area contributed by atoms with E-state index in [9.17, 15) is 17.6 Å². The van der Waals surface area contributed by atoms with Crippen molar-refractivity contribution < 1.29 is 22.3 Å². The van der Waals surface area contributed by atoms with Gasteiger partial charge in [-0.3, -0.25) is 4.72 Å². The number of rotatable bonds is 3. The molecule has 0 spiro atoms. The number of ether oxygens (including phenoxy) is 1. The molecule has 0 saturated carbocycles. The number of nitrogens with one attached hydrogen (secondary N) is 1. The summed E-state index contributed by atoms with van der Waals surface area (Å²) in [6.07, 6.45) is 0. The van der Waals surface area contributed by atoms with E-state index < -0.39 is 21.8 Å². The summed E-state index contributed by atoms with van der Waals surface area (Å²) in [5.74, 6) is -1.13. The van der Waals surface area contributed by atoms with E-state index in [2.05, 4.69) is 4.72 Å². The number of hydrogen-bond donors (Lipinski definition) is 1. The number of fused-ring (bicyclic) bond motifs is 1. The summed E-state index contributed by atoms with van der Waals surface area (Å²) < 4.78 is 44.5. The first-order valence-electron chi connectivity index (χ1n) is 6.04. The number of anilines is 1. The zero-order chi connectivity index (χ0) is 15.0. The van der Waals surface area contributed by atoms with Crippen LogP contribution in [0.25, 0.3) is 0 Å². The lowest BCUT2D eigenvalue weighted by Gasteiger charge is -2.08. The first-order valence-corrected chi connectivity index (χ1v) is 7.52. The van der Waals surface area contributed by atoms with Gasteiger partial charge in [-0.15, -0.1) is 0 Å². The molecule has 0 bridgehead atoms. The first-order chi connectivity index (χ1) is 9.95. The van der Waals surface area contributed by atoms with E-state index in [0.29, 0.717) is 11.1 Å². The Bertz CT molecular complexity index is 833. The minimum Gasteiger partial charge on any atom is -0.457 e. The number of esters is 1. The second-order valence-corrected chi connectivity index (χ2v) is 6.19. The normalized spacial score (nSPS) is 13.7. The largest absolute Gasteiger partial charge is 0.457 e. The Morgan fingerprint density at radius 1 is 1.14 bits per heavy atom. The van der Waals surface area contributed by atoms with Gasteiger partial charge >= 0.3 is 5.97 Å². The third kappa shape index (κ3) is 2.59. The number of cyclic esters (lactones) is 1. The van der Waals surface area contributed by atoms with Gasteiger partial charge in [0.15, 0.2) is 0 Å². The van der Waals surface area contributed by atoms with Gasteiger partial charge in [-0.05, 0) is 30.3 Å². The van der Waals surface area contributed by atoms with Gasteiger partial charge in [0.2, 0.25) is 0 Å². The summed E-state index contributed by atoms with van der Waals surface area (Å²) in [4.78, 5) is 11.3. The molecule has 1 N–H and O–H groups in total. The quantitative estimate of drug-likeness (QED) is 0.883. The summed E-state index contributed by atoms with van der Waals surface area (Å²) in [6, 6.07) is 9.22. The van der Waals surface area contributed by atoms with E-state index in [1.165, 1.54) is 24.3 Å². The predicted molar refractivity (Wildman–Crippen MR) is 72.8 cm³/mol. The topological polar surface area (TPSA) is 72.5 Å². The van der Waals surface area contributed by atoms with E-state index >= 15 is 0 Å². The molecule has 3 rings (SSSR count). The number of carbonyl (C=O) groups excluding carboxylic acids is 1. The monoisotopic (exact) mass is 307 g/mol. The van der Waals surface area contributed by atoms with Crippen LogP contribution in [0.5, 0.6) is 0 Å². The third-order valence-corrected chi connectivity index (χ3v) is 4.43. The maximum Gasteiger partial charge on any atom is 0.338 e. The molecule has 108 valence electrons. The van der Waals surface area contributed by atoms with Gasteiger partial charge in [0.25, 0.3) is 10.0 Å². The van der Waals surface area contributed by atoms with Crippen LogP contribution >= 0.6 is 0 Å². The van der Waals surface area contributed by atoms with Crippen molar-refractivity contribution in [2.45, 2.75) is 11.5 Å². The van der Waals surface area contributed by atoms with Crippen LogP contribution in [-0.4, -0.2) is 14.4 Å². The van der Waals surface area contributed by atoms with Gasteiger partial charge in [0, 0.05) is 11.3 Å². The van der Waals surface area contributed by atoms with Crippen molar-refractivity contribution in [2.24, 2.45) is 0 Å². The van der Waals surface area contributed by atoms with Crippen LogP contribution in [-0.2, 0) is 21.4 Å². The molecule has 21 heavy (non-hydrogen) atoms. The van der Waals surface area contributed by atoms with E-state index in [1.54, 1.807) is 6.07 Å². The number of halogens is 1.